The molecule has 2 rings (SSSR count). The molecule has 0 aromatic heterocycles. The van der Waals surface area contributed by atoms with E-state index in [0.717, 1.165) is 17.5 Å². The van der Waals surface area contributed by atoms with E-state index in [9.17, 15) is 9.18 Å². The van der Waals surface area contributed by atoms with Crippen LogP contribution >= 0.6 is 11.6 Å². The summed E-state index contributed by atoms with van der Waals surface area (Å²) in [5.74, 6) is 0.312. The second-order valence-electron chi connectivity index (χ2n) is 8.01. The lowest BCUT2D eigenvalue weighted by molar-refractivity contribution is 0.0827. The largest absolute Gasteiger partial charge is 0.356 e. The average molecular weight is 433 g/mol. The van der Waals surface area contributed by atoms with Gasteiger partial charge in [0.1, 0.15) is 5.82 Å². The number of carbonyl (C=O) groups is 1. The Morgan fingerprint density at radius 1 is 1.17 bits per heavy atom. The SMILES string of the molecule is CN=C(NCCc1cccc(C(=O)N(C)C)c1)NCC(C)(C)c1ccc(F)cc1Cl. The fraction of sp³-hybridized carbons (Fsp3) is 0.391. The van der Waals surface area contributed by atoms with Crippen LogP contribution in [-0.2, 0) is 11.8 Å². The van der Waals surface area contributed by atoms with Crippen LogP contribution in [0.4, 0.5) is 4.39 Å². The van der Waals surface area contributed by atoms with Gasteiger partial charge in [-0.1, -0.05) is 43.6 Å². The molecular weight excluding hydrogens is 403 g/mol. The molecule has 0 atom stereocenters. The maximum atomic E-state index is 13.3. The number of carbonyl (C=O) groups excluding carboxylic acids is 1. The van der Waals surface area contributed by atoms with Crippen LogP contribution < -0.4 is 10.6 Å². The molecule has 0 spiro atoms. The molecule has 1 amide bonds. The fourth-order valence-electron chi connectivity index (χ4n) is 3.10. The van der Waals surface area contributed by atoms with Crippen LogP contribution in [-0.4, -0.2) is 51.0 Å². The molecule has 0 saturated carbocycles. The van der Waals surface area contributed by atoms with Gasteiger partial charge in [-0.3, -0.25) is 9.79 Å². The summed E-state index contributed by atoms with van der Waals surface area (Å²) in [5, 5.41) is 7.01. The molecule has 30 heavy (non-hydrogen) atoms. The number of rotatable bonds is 7. The molecule has 0 aliphatic rings. The van der Waals surface area contributed by atoms with Crippen molar-refractivity contribution < 1.29 is 9.18 Å². The van der Waals surface area contributed by atoms with Crippen LogP contribution in [0.15, 0.2) is 47.5 Å². The Balaban J connectivity index is 1.91. The quantitative estimate of drug-likeness (QED) is 0.516. The predicted molar refractivity (Wildman–Crippen MR) is 122 cm³/mol. The topological polar surface area (TPSA) is 56.7 Å². The van der Waals surface area contributed by atoms with Gasteiger partial charge in [-0.15, -0.1) is 0 Å². The van der Waals surface area contributed by atoms with E-state index in [1.54, 1.807) is 32.1 Å². The summed E-state index contributed by atoms with van der Waals surface area (Å²) in [6, 6.07) is 12.1. The third-order valence-corrected chi connectivity index (χ3v) is 5.18. The Hall–Kier alpha value is -2.60. The minimum atomic E-state index is -0.346. The molecule has 5 nitrogen and oxygen atoms in total. The summed E-state index contributed by atoms with van der Waals surface area (Å²) in [6.45, 7) is 5.32. The molecule has 0 radical (unpaired) electrons. The number of hydrogen-bond acceptors (Lipinski definition) is 2. The Morgan fingerprint density at radius 2 is 1.90 bits per heavy atom. The Labute approximate surface area is 183 Å². The Bertz CT molecular complexity index is 912. The van der Waals surface area contributed by atoms with Crippen molar-refractivity contribution >= 4 is 23.5 Å². The van der Waals surface area contributed by atoms with Crippen LogP contribution in [0.1, 0.15) is 35.3 Å². The zero-order chi connectivity index (χ0) is 22.3. The van der Waals surface area contributed by atoms with E-state index in [4.69, 9.17) is 11.6 Å². The van der Waals surface area contributed by atoms with Crippen molar-refractivity contribution in [2.24, 2.45) is 4.99 Å². The summed E-state index contributed by atoms with van der Waals surface area (Å²) in [5.41, 5.74) is 2.31. The maximum Gasteiger partial charge on any atom is 0.253 e. The van der Waals surface area contributed by atoms with Gasteiger partial charge in [0.25, 0.3) is 5.91 Å². The van der Waals surface area contributed by atoms with E-state index in [0.29, 0.717) is 29.6 Å². The Kier molecular flexibility index (Phi) is 8.24. The summed E-state index contributed by atoms with van der Waals surface area (Å²) in [7, 11) is 5.20. The molecule has 0 bridgehead atoms. The molecule has 0 aliphatic heterocycles. The first-order chi connectivity index (χ1) is 14.1. The number of nitrogens with zero attached hydrogens (tertiary/aromatic N) is 2. The van der Waals surface area contributed by atoms with Crippen molar-refractivity contribution in [2.45, 2.75) is 25.7 Å². The number of aliphatic imine (C=N–C) groups is 1. The van der Waals surface area contributed by atoms with E-state index < -0.39 is 0 Å². The van der Waals surface area contributed by atoms with Gasteiger partial charge >= 0.3 is 0 Å². The van der Waals surface area contributed by atoms with Gasteiger partial charge in [-0.25, -0.2) is 4.39 Å². The van der Waals surface area contributed by atoms with Gasteiger partial charge in [0.05, 0.1) is 0 Å². The van der Waals surface area contributed by atoms with Crippen LogP contribution in [0, 0.1) is 5.82 Å². The lowest BCUT2D eigenvalue weighted by atomic mass is 9.84. The number of guanidine groups is 1. The first-order valence-electron chi connectivity index (χ1n) is 9.84. The molecule has 0 aliphatic carbocycles. The zero-order valence-corrected chi connectivity index (χ0v) is 19.0. The lowest BCUT2D eigenvalue weighted by Crippen LogP contribution is -2.44. The van der Waals surface area contributed by atoms with Crippen LogP contribution in [0.5, 0.6) is 0 Å². The summed E-state index contributed by atoms with van der Waals surface area (Å²) >= 11 is 6.23. The van der Waals surface area contributed by atoms with Crippen LogP contribution in [0.2, 0.25) is 5.02 Å². The predicted octanol–water partition coefficient (Wildman–Crippen LogP) is 3.87. The van der Waals surface area contributed by atoms with Crippen molar-refractivity contribution in [3.63, 3.8) is 0 Å². The summed E-state index contributed by atoms with van der Waals surface area (Å²) in [4.78, 5) is 17.9. The number of hydrogen-bond donors (Lipinski definition) is 2. The van der Waals surface area contributed by atoms with E-state index in [2.05, 4.69) is 15.6 Å². The van der Waals surface area contributed by atoms with Gasteiger partial charge in [0.15, 0.2) is 5.96 Å². The molecule has 0 heterocycles. The first-order valence-corrected chi connectivity index (χ1v) is 10.2. The molecule has 7 heteroatoms. The standard InChI is InChI=1S/C23H30ClFN4O/c1-23(2,19-10-9-18(25)14-20(19)24)15-28-22(26-3)27-12-11-16-7-6-8-17(13-16)21(30)29(4)5/h6-10,13-14H,11-12,15H2,1-5H3,(H2,26,27,28). The average Bonchev–Trinajstić information content (AvgIpc) is 2.69. The molecule has 0 unspecified atom stereocenters. The van der Waals surface area contributed by atoms with Crippen molar-refractivity contribution in [1.82, 2.24) is 15.5 Å². The molecule has 2 aromatic rings. The number of nitrogens with one attached hydrogen (secondary N) is 2. The van der Waals surface area contributed by atoms with E-state index >= 15 is 0 Å². The normalized spacial score (nSPS) is 11.9. The van der Waals surface area contributed by atoms with E-state index in [1.807, 2.05) is 38.1 Å². The number of benzene rings is 2. The Morgan fingerprint density at radius 3 is 2.53 bits per heavy atom. The van der Waals surface area contributed by atoms with Gasteiger partial charge in [-0.05, 0) is 41.8 Å². The molecule has 162 valence electrons. The second-order valence-corrected chi connectivity index (χ2v) is 8.42. The molecule has 2 N–H and O–H groups in total. The minimum absolute atomic E-state index is 0.0102. The molecule has 0 saturated heterocycles. The van der Waals surface area contributed by atoms with Gasteiger partial charge in [0, 0.05) is 50.2 Å². The zero-order valence-electron chi connectivity index (χ0n) is 18.2. The second kappa shape index (κ2) is 10.4. The summed E-state index contributed by atoms with van der Waals surface area (Å²) in [6.07, 6.45) is 0.752. The van der Waals surface area contributed by atoms with Crippen molar-refractivity contribution in [1.29, 1.82) is 0 Å². The van der Waals surface area contributed by atoms with Crippen molar-refractivity contribution in [3.05, 3.63) is 70.0 Å². The molecule has 2 aromatic carbocycles. The van der Waals surface area contributed by atoms with Gasteiger partial charge in [-0.2, -0.15) is 0 Å². The van der Waals surface area contributed by atoms with E-state index in [1.165, 1.54) is 12.1 Å². The first kappa shape index (κ1) is 23.7. The summed E-state index contributed by atoms with van der Waals surface area (Å²) < 4.78 is 13.3. The lowest BCUT2D eigenvalue weighted by Gasteiger charge is -2.27. The molecular formula is C23H30ClFN4O. The highest BCUT2D eigenvalue weighted by Gasteiger charge is 2.24. The number of amides is 1. The highest BCUT2D eigenvalue weighted by atomic mass is 35.5. The third kappa shape index (κ3) is 6.46. The smallest absolute Gasteiger partial charge is 0.253 e. The van der Waals surface area contributed by atoms with Crippen molar-refractivity contribution in [3.8, 4) is 0 Å². The third-order valence-electron chi connectivity index (χ3n) is 4.87. The fourth-order valence-corrected chi connectivity index (χ4v) is 3.53. The van der Waals surface area contributed by atoms with Crippen LogP contribution in [0.25, 0.3) is 0 Å². The van der Waals surface area contributed by atoms with Gasteiger partial charge < -0.3 is 15.5 Å². The van der Waals surface area contributed by atoms with Crippen molar-refractivity contribution in [2.75, 3.05) is 34.2 Å². The maximum absolute atomic E-state index is 13.3. The van der Waals surface area contributed by atoms with E-state index in [-0.39, 0.29) is 17.1 Å². The van der Waals surface area contributed by atoms with Gasteiger partial charge in [0.2, 0.25) is 0 Å². The monoisotopic (exact) mass is 432 g/mol. The van der Waals surface area contributed by atoms with Crippen LogP contribution in [0.3, 0.4) is 0 Å². The minimum Gasteiger partial charge on any atom is -0.356 e. The number of halogens is 2. The highest BCUT2D eigenvalue weighted by molar-refractivity contribution is 6.31. The molecule has 0 fully saturated rings. The highest BCUT2D eigenvalue weighted by Crippen LogP contribution is 2.29.